The van der Waals surface area contributed by atoms with Crippen molar-refractivity contribution in [2.45, 2.75) is 24.8 Å². The third-order valence-electron chi connectivity index (χ3n) is 4.68. The Balaban J connectivity index is 1.87. The van der Waals surface area contributed by atoms with Crippen LogP contribution in [0.3, 0.4) is 0 Å². The SMILES string of the molecule is CCc1nnc2c(S(=O)(=O)N(Cc3cccc(F)c3)c3ccc(Cl)cc3)cccn12. The van der Waals surface area contributed by atoms with Crippen LogP contribution in [-0.4, -0.2) is 23.0 Å². The molecule has 0 spiro atoms. The molecule has 2 heterocycles. The zero-order valence-electron chi connectivity index (χ0n) is 16.0. The number of benzene rings is 2. The summed E-state index contributed by atoms with van der Waals surface area (Å²) in [5, 5.41) is 8.66. The summed E-state index contributed by atoms with van der Waals surface area (Å²) < 4.78 is 44.1. The van der Waals surface area contributed by atoms with Gasteiger partial charge >= 0.3 is 0 Å². The standard InChI is InChI=1S/C21H18ClFN4O2S/c1-2-20-24-25-21-19(7-4-12-26(20)21)30(28,29)27(18-10-8-16(22)9-11-18)14-15-5-3-6-17(23)13-15/h3-13H,2,14H2,1H3. The Morgan fingerprint density at radius 2 is 1.83 bits per heavy atom. The summed E-state index contributed by atoms with van der Waals surface area (Å²) in [4.78, 5) is 0.0172. The fraction of sp³-hybridized carbons (Fsp3) is 0.143. The van der Waals surface area contributed by atoms with Crippen molar-refractivity contribution < 1.29 is 12.8 Å². The number of anilines is 1. The monoisotopic (exact) mass is 444 g/mol. The lowest BCUT2D eigenvalue weighted by Crippen LogP contribution is -2.31. The molecule has 0 aliphatic carbocycles. The molecule has 0 saturated carbocycles. The van der Waals surface area contributed by atoms with Gasteiger partial charge in [-0.25, -0.2) is 12.8 Å². The Morgan fingerprint density at radius 1 is 1.07 bits per heavy atom. The van der Waals surface area contributed by atoms with Crippen LogP contribution < -0.4 is 4.31 Å². The molecule has 0 amide bonds. The molecule has 6 nitrogen and oxygen atoms in total. The topological polar surface area (TPSA) is 67.6 Å². The fourth-order valence-electron chi connectivity index (χ4n) is 3.22. The molecule has 4 rings (SSSR count). The van der Waals surface area contributed by atoms with Crippen molar-refractivity contribution in [1.82, 2.24) is 14.6 Å². The Bertz CT molecular complexity index is 1310. The Morgan fingerprint density at radius 3 is 2.53 bits per heavy atom. The Kier molecular flexibility index (Phi) is 5.44. The van der Waals surface area contributed by atoms with Crippen LogP contribution in [-0.2, 0) is 23.0 Å². The van der Waals surface area contributed by atoms with E-state index in [0.717, 1.165) is 0 Å². The number of fused-ring (bicyclic) bond motifs is 1. The maximum atomic E-state index is 13.7. The zero-order chi connectivity index (χ0) is 21.3. The van der Waals surface area contributed by atoms with Crippen molar-refractivity contribution in [3.05, 3.63) is 89.1 Å². The van der Waals surface area contributed by atoms with Crippen molar-refractivity contribution in [3.63, 3.8) is 0 Å². The molecule has 154 valence electrons. The lowest BCUT2D eigenvalue weighted by atomic mass is 10.2. The molecule has 0 aliphatic rings. The number of nitrogens with zero attached hydrogens (tertiary/aromatic N) is 4. The van der Waals surface area contributed by atoms with Gasteiger partial charge in [-0.05, 0) is 54.1 Å². The number of aryl methyl sites for hydroxylation is 1. The fourth-order valence-corrected chi connectivity index (χ4v) is 4.93. The van der Waals surface area contributed by atoms with Crippen LogP contribution in [0.1, 0.15) is 18.3 Å². The van der Waals surface area contributed by atoms with Crippen molar-refractivity contribution in [2.75, 3.05) is 4.31 Å². The maximum Gasteiger partial charge on any atom is 0.268 e. The second-order valence-electron chi connectivity index (χ2n) is 6.65. The first kappa shape index (κ1) is 20.3. The average molecular weight is 445 g/mol. The molecule has 0 atom stereocenters. The number of pyridine rings is 1. The van der Waals surface area contributed by atoms with Crippen LogP contribution in [0.2, 0.25) is 5.02 Å². The minimum absolute atomic E-state index is 0.0172. The first-order valence-electron chi connectivity index (χ1n) is 9.25. The molecule has 0 saturated heterocycles. The van der Waals surface area contributed by atoms with E-state index in [0.29, 0.717) is 28.5 Å². The smallest absolute Gasteiger partial charge is 0.268 e. The van der Waals surface area contributed by atoms with Crippen LogP contribution in [0.5, 0.6) is 0 Å². The van der Waals surface area contributed by atoms with Crippen molar-refractivity contribution in [2.24, 2.45) is 0 Å². The van der Waals surface area contributed by atoms with Gasteiger partial charge in [0.15, 0.2) is 5.65 Å². The number of rotatable bonds is 6. The predicted octanol–water partition coefficient (Wildman–Crippen LogP) is 4.48. The summed E-state index contributed by atoms with van der Waals surface area (Å²) in [7, 11) is -4.06. The van der Waals surface area contributed by atoms with E-state index in [9.17, 15) is 12.8 Å². The first-order chi connectivity index (χ1) is 14.4. The summed E-state index contributed by atoms with van der Waals surface area (Å²) in [6.07, 6.45) is 2.33. The van der Waals surface area contributed by atoms with Gasteiger partial charge < -0.3 is 0 Å². The molecule has 30 heavy (non-hydrogen) atoms. The van der Waals surface area contributed by atoms with Gasteiger partial charge in [-0.15, -0.1) is 10.2 Å². The third kappa shape index (κ3) is 3.76. The van der Waals surface area contributed by atoms with Gasteiger partial charge in [-0.2, -0.15) is 0 Å². The van der Waals surface area contributed by atoms with Gasteiger partial charge in [0.2, 0.25) is 0 Å². The second-order valence-corrected chi connectivity index (χ2v) is 8.92. The summed E-state index contributed by atoms with van der Waals surface area (Å²) in [6.45, 7) is 1.86. The van der Waals surface area contributed by atoms with Crippen LogP contribution >= 0.6 is 11.6 Å². The van der Waals surface area contributed by atoms with E-state index >= 15 is 0 Å². The average Bonchev–Trinajstić information content (AvgIpc) is 3.16. The van der Waals surface area contributed by atoms with Crippen LogP contribution in [0.4, 0.5) is 10.1 Å². The zero-order valence-corrected chi connectivity index (χ0v) is 17.6. The van der Waals surface area contributed by atoms with Gasteiger partial charge in [-0.1, -0.05) is 30.7 Å². The first-order valence-corrected chi connectivity index (χ1v) is 11.1. The highest BCUT2D eigenvalue weighted by molar-refractivity contribution is 7.93. The van der Waals surface area contributed by atoms with Gasteiger partial charge in [-0.3, -0.25) is 8.71 Å². The van der Waals surface area contributed by atoms with Gasteiger partial charge in [0.1, 0.15) is 16.5 Å². The highest BCUT2D eigenvalue weighted by Gasteiger charge is 2.29. The quantitative estimate of drug-likeness (QED) is 0.439. The highest BCUT2D eigenvalue weighted by Crippen LogP contribution is 2.29. The molecule has 2 aromatic carbocycles. The van der Waals surface area contributed by atoms with E-state index in [1.165, 1.54) is 22.5 Å². The van der Waals surface area contributed by atoms with Crippen molar-refractivity contribution in [3.8, 4) is 0 Å². The van der Waals surface area contributed by atoms with E-state index < -0.39 is 15.8 Å². The molecular formula is C21H18ClFN4O2S. The van der Waals surface area contributed by atoms with E-state index in [2.05, 4.69) is 10.2 Å². The molecule has 0 unspecified atom stereocenters. The van der Waals surface area contributed by atoms with Gasteiger partial charge in [0, 0.05) is 17.6 Å². The molecule has 4 aromatic rings. The molecule has 0 fully saturated rings. The molecule has 2 aromatic heterocycles. The number of sulfonamides is 1. The molecular weight excluding hydrogens is 427 g/mol. The number of aromatic nitrogens is 3. The van der Waals surface area contributed by atoms with Gasteiger partial charge in [0.05, 0.1) is 12.2 Å². The summed E-state index contributed by atoms with van der Waals surface area (Å²) >= 11 is 5.99. The predicted molar refractivity (Wildman–Crippen MR) is 114 cm³/mol. The second kappa shape index (κ2) is 8.04. The summed E-state index contributed by atoms with van der Waals surface area (Å²) in [5.41, 5.74) is 1.16. The molecule has 0 aliphatic heterocycles. The van der Waals surface area contributed by atoms with Crippen LogP contribution in [0, 0.1) is 5.82 Å². The van der Waals surface area contributed by atoms with E-state index in [4.69, 9.17) is 11.6 Å². The number of halogens is 2. The van der Waals surface area contributed by atoms with Crippen LogP contribution in [0.15, 0.2) is 71.8 Å². The Labute approximate surface area is 178 Å². The maximum absolute atomic E-state index is 13.7. The van der Waals surface area contributed by atoms with E-state index in [1.54, 1.807) is 53.1 Å². The van der Waals surface area contributed by atoms with Gasteiger partial charge in [0.25, 0.3) is 10.0 Å². The molecule has 0 bridgehead atoms. The minimum Gasteiger partial charge on any atom is -0.285 e. The lowest BCUT2D eigenvalue weighted by molar-refractivity contribution is 0.590. The summed E-state index contributed by atoms with van der Waals surface area (Å²) in [6, 6.07) is 15.4. The normalized spacial score (nSPS) is 11.7. The minimum atomic E-state index is -4.06. The molecule has 0 N–H and O–H groups in total. The number of hydrogen-bond donors (Lipinski definition) is 0. The Hall–Kier alpha value is -2.97. The third-order valence-corrected chi connectivity index (χ3v) is 6.73. The lowest BCUT2D eigenvalue weighted by Gasteiger charge is -2.25. The van der Waals surface area contributed by atoms with Crippen molar-refractivity contribution in [1.29, 1.82) is 0 Å². The summed E-state index contributed by atoms with van der Waals surface area (Å²) in [5.74, 6) is 0.221. The molecule has 0 radical (unpaired) electrons. The van der Waals surface area contributed by atoms with Crippen LogP contribution in [0.25, 0.3) is 5.65 Å². The largest absolute Gasteiger partial charge is 0.285 e. The van der Waals surface area contributed by atoms with Crippen molar-refractivity contribution >= 4 is 33.0 Å². The van der Waals surface area contributed by atoms with E-state index in [1.807, 2.05) is 6.92 Å². The number of hydrogen-bond acceptors (Lipinski definition) is 4. The highest BCUT2D eigenvalue weighted by atomic mass is 35.5. The molecule has 9 heteroatoms. The van der Waals surface area contributed by atoms with E-state index in [-0.39, 0.29) is 17.1 Å².